The zero-order chi connectivity index (χ0) is 19.2. The Morgan fingerprint density at radius 2 is 1.56 bits per heavy atom. The van der Waals surface area contributed by atoms with Crippen LogP contribution in [-0.4, -0.2) is 30.2 Å². The number of carbonyl (C=O) groups is 2. The van der Waals surface area contributed by atoms with E-state index >= 15 is 0 Å². The number of amides is 2. The number of alkyl carbamates (subject to hydrolysis) is 1. The van der Waals surface area contributed by atoms with Crippen LogP contribution in [0.15, 0.2) is 0 Å². The van der Waals surface area contributed by atoms with Crippen LogP contribution in [0, 0.1) is 29.1 Å². The first kappa shape index (κ1) is 19.1. The molecule has 0 spiro atoms. The van der Waals surface area contributed by atoms with Crippen molar-refractivity contribution < 1.29 is 14.3 Å². The quantitative estimate of drug-likeness (QED) is 0.779. The van der Waals surface area contributed by atoms with Gasteiger partial charge in [-0.15, -0.1) is 0 Å². The molecule has 5 aliphatic carbocycles. The first-order valence-corrected chi connectivity index (χ1v) is 11.0. The standard InChI is InChI=1S/C22H36N2O3/c1-21(2,3)27-20(26)24-18-5-4-14(9-18)13-23-19(25)22-10-15-6-16(11-22)8-17(7-15)12-22/h14-18H,4-13H2,1-3H3,(H,23,25)(H,24,26)/t14-,15?,16?,17?,18+,22?/m0/s1. The maximum Gasteiger partial charge on any atom is 0.407 e. The lowest BCUT2D eigenvalue weighted by molar-refractivity contribution is -0.146. The Bertz CT molecular complexity index is 560. The second-order valence-corrected chi connectivity index (χ2v) is 10.9. The van der Waals surface area contributed by atoms with E-state index in [0.29, 0.717) is 11.8 Å². The van der Waals surface area contributed by atoms with Crippen LogP contribution in [0.25, 0.3) is 0 Å². The van der Waals surface area contributed by atoms with Gasteiger partial charge in [-0.3, -0.25) is 4.79 Å². The topological polar surface area (TPSA) is 67.4 Å². The largest absolute Gasteiger partial charge is 0.444 e. The van der Waals surface area contributed by atoms with Crippen LogP contribution in [0.4, 0.5) is 4.79 Å². The van der Waals surface area contributed by atoms with Crippen LogP contribution in [0.3, 0.4) is 0 Å². The molecule has 5 heteroatoms. The maximum absolute atomic E-state index is 13.1. The maximum atomic E-state index is 13.1. The minimum atomic E-state index is -0.464. The summed E-state index contributed by atoms with van der Waals surface area (Å²) in [5.41, 5.74) is -0.518. The van der Waals surface area contributed by atoms with Gasteiger partial charge in [0.25, 0.3) is 0 Å². The van der Waals surface area contributed by atoms with Crippen molar-refractivity contribution in [2.24, 2.45) is 29.1 Å². The van der Waals surface area contributed by atoms with Gasteiger partial charge in [0, 0.05) is 18.0 Å². The normalized spacial score (nSPS) is 40.0. The lowest BCUT2D eigenvalue weighted by Crippen LogP contribution is -2.54. The Hall–Kier alpha value is -1.26. The molecule has 0 aromatic rings. The van der Waals surface area contributed by atoms with Crippen LogP contribution in [0.2, 0.25) is 0 Å². The van der Waals surface area contributed by atoms with Gasteiger partial charge >= 0.3 is 6.09 Å². The van der Waals surface area contributed by atoms with Gasteiger partial charge in [-0.2, -0.15) is 0 Å². The first-order valence-electron chi connectivity index (χ1n) is 11.0. The average molecular weight is 377 g/mol. The molecule has 5 rings (SSSR count). The molecule has 152 valence electrons. The molecule has 4 bridgehead atoms. The molecule has 0 aliphatic heterocycles. The molecule has 5 nitrogen and oxygen atoms in total. The van der Waals surface area contributed by atoms with E-state index in [2.05, 4.69) is 10.6 Å². The summed E-state index contributed by atoms with van der Waals surface area (Å²) in [5.74, 6) is 3.19. The van der Waals surface area contributed by atoms with Crippen LogP contribution < -0.4 is 10.6 Å². The summed E-state index contributed by atoms with van der Waals surface area (Å²) < 4.78 is 5.35. The third-order valence-corrected chi connectivity index (χ3v) is 7.33. The number of rotatable bonds is 4. The SMILES string of the molecule is CC(C)(C)OC(=O)N[C@@H]1CC[C@H](CNC(=O)C23CC4CC(CC(C4)C2)C3)C1. The lowest BCUT2D eigenvalue weighted by atomic mass is 9.49. The second kappa shape index (κ2) is 6.97. The molecule has 2 atom stereocenters. The van der Waals surface area contributed by atoms with Gasteiger partial charge in [-0.1, -0.05) is 0 Å². The van der Waals surface area contributed by atoms with Gasteiger partial charge in [-0.05, 0) is 102 Å². The van der Waals surface area contributed by atoms with Crippen LogP contribution >= 0.6 is 0 Å². The molecular formula is C22H36N2O3. The molecule has 5 fully saturated rings. The summed E-state index contributed by atoms with van der Waals surface area (Å²) in [6, 6.07) is 0.168. The Labute approximate surface area is 163 Å². The number of carbonyl (C=O) groups excluding carboxylic acids is 2. The van der Waals surface area contributed by atoms with E-state index in [1.54, 1.807) is 0 Å². The second-order valence-electron chi connectivity index (χ2n) is 10.9. The molecule has 5 saturated carbocycles. The van der Waals surface area contributed by atoms with Crippen molar-refractivity contribution in [3.63, 3.8) is 0 Å². The highest BCUT2D eigenvalue weighted by Crippen LogP contribution is 2.60. The summed E-state index contributed by atoms with van der Waals surface area (Å²) >= 11 is 0. The Morgan fingerprint density at radius 1 is 0.963 bits per heavy atom. The molecule has 0 aromatic heterocycles. The monoisotopic (exact) mass is 376 g/mol. The van der Waals surface area contributed by atoms with Gasteiger partial charge in [0.1, 0.15) is 5.60 Å². The average Bonchev–Trinajstić information content (AvgIpc) is 2.96. The molecule has 2 amide bonds. The van der Waals surface area contributed by atoms with Crippen LogP contribution in [0.5, 0.6) is 0 Å². The van der Waals surface area contributed by atoms with Crippen molar-refractivity contribution in [3.8, 4) is 0 Å². The fourth-order valence-electron chi connectivity index (χ4n) is 6.68. The third-order valence-electron chi connectivity index (χ3n) is 7.33. The van der Waals surface area contributed by atoms with E-state index in [0.717, 1.165) is 62.8 Å². The number of hydrogen-bond acceptors (Lipinski definition) is 3. The smallest absolute Gasteiger partial charge is 0.407 e. The molecule has 0 heterocycles. The summed E-state index contributed by atoms with van der Waals surface area (Å²) in [4.78, 5) is 25.0. The highest BCUT2D eigenvalue weighted by molar-refractivity contribution is 5.83. The lowest BCUT2D eigenvalue weighted by Gasteiger charge is -2.55. The Morgan fingerprint density at radius 3 is 2.11 bits per heavy atom. The zero-order valence-electron chi connectivity index (χ0n) is 17.2. The minimum Gasteiger partial charge on any atom is -0.444 e. The summed E-state index contributed by atoms with van der Waals surface area (Å²) in [6.45, 7) is 6.39. The van der Waals surface area contributed by atoms with E-state index in [1.165, 1.54) is 19.3 Å². The fourth-order valence-corrected chi connectivity index (χ4v) is 6.68. The van der Waals surface area contributed by atoms with Crippen molar-refractivity contribution in [2.75, 3.05) is 6.54 Å². The Balaban J connectivity index is 1.23. The molecule has 2 N–H and O–H groups in total. The molecular weight excluding hydrogens is 340 g/mol. The van der Waals surface area contributed by atoms with Crippen molar-refractivity contribution in [1.82, 2.24) is 10.6 Å². The van der Waals surface area contributed by atoms with Gasteiger partial charge in [0.05, 0.1) is 0 Å². The van der Waals surface area contributed by atoms with Crippen molar-refractivity contribution in [2.45, 2.75) is 90.2 Å². The molecule has 27 heavy (non-hydrogen) atoms. The van der Waals surface area contributed by atoms with Gasteiger partial charge < -0.3 is 15.4 Å². The van der Waals surface area contributed by atoms with E-state index in [-0.39, 0.29) is 17.6 Å². The third kappa shape index (κ3) is 4.27. The summed E-state index contributed by atoms with van der Waals surface area (Å²) in [5, 5.41) is 6.30. The highest BCUT2D eigenvalue weighted by atomic mass is 16.6. The number of nitrogens with one attached hydrogen (secondary N) is 2. The predicted molar refractivity (Wildman–Crippen MR) is 104 cm³/mol. The molecule has 0 radical (unpaired) electrons. The minimum absolute atomic E-state index is 0.0540. The van der Waals surface area contributed by atoms with E-state index in [4.69, 9.17) is 4.74 Å². The van der Waals surface area contributed by atoms with Gasteiger partial charge in [0.15, 0.2) is 0 Å². The predicted octanol–water partition coefficient (Wildman–Crippen LogP) is 4.01. The Kier molecular flexibility index (Phi) is 4.92. The van der Waals surface area contributed by atoms with E-state index in [1.807, 2.05) is 20.8 Å². The number of ether oxygens (including phenoxy) is 1. The van der Waals surface area contributed by atoms with Crippen molar-refractivity contribution >= 4 is 12.0 Å². The molecule has 5 aliphatic rings. The first-order chi connectivity index (χ1) is 12.7. The van der Waals surface area contributed by atoms with Crippen molar-refractivity contribution in [3.05, 3.63) is 0 Å². The summed E-state index contributed by atoms with van der Waals surface area (Å²) in [7, 11) is 0. The molecule has 0 aromatic carbocycles. The highest BCUT2D eigenvalue weighted by Gasteiger charge is 2.54. The molecule has 0 saturated heterocycles. The number of hydrogen-bond donors (Lipinski definition) is 2. The van der Waals surface area contributed by atoms with E-state index in [9.17, 15) is 9.59 Å². The molecule has 0 unspecified atom stereocenters. The van der Waals surface area contributed by atoms with Crippen LogP contribution in [-0.2, 0) is 9.53 Å². The zero-order valence-corrected chi connectivity index (χ0v) is 17.2. The van der Waals surface area contributed by atoms with Gasteiger partial charge in [-0.25, -0.2) is 4.79 Å². The van der Waals surface area contributed by atoms with Crippen molar-refractivity contribution in [1.29, 1.82) is 0 Å². The van der Waals surface area contributed by atoms with E-state index < -0.39 is 5.60 Å². The summed E-state index contributed by atoms with van der Waals surface area (Å²) in [6.07, 6.45) is 10.1. The fraction of sp³-hybridized carbons (Fsp3) is 0.909. The van der Waals surface area contributed by atoms with Crippen LogP contribution in [0.1, 0.15) is 78.6 Å². The van der Waals surface area contributed by atoms with Gasteiger partial charge in [0.2, 0.25) is 5.91 Å².